The molecule has 2 aliphatic rings. The van der Waals surface area contributed by atoms with Crippen LogP contribution < -0.4 is 5.43 Å². The third kappa shape index (κ3) is 4.39. The van der Waals surface area contributed by atoms with Crippen LogP contribution in [0, 0.1) is 6.92 Å². The van der Waals surface area contributed by atoms with Gasteiger partial charge in [-0.2, -0.15) is 5.10 Å². The van der Waals surface area contributed by atoms with E-state index in [1.165, 1.54) is 56.3 Å². The number of aldehydes is 1. The Bertz CT molecular complexity index is 759. The monoisotopic (exact) mass is 369 g/mol. The molecule has 0 radical (unpaired) electrons. The second kappa shape index (κ2) is 8.50. The molecule has 2 fully saturated rings. The summed E-state index contributed by atoms with van der Waals surface area (Å²) in [7, 11) is 0. The third-order valence-electron chi connectivity index (χ3n) is 6.15. The predicted molar refractivity (Wildman–Crippen MR) is 108 cm³/mol. The average molecular weight is 370 g/mol. The Kier molecular flexibility index (Phi) is 5.86. The number of aromatic amines is 1. The van der Waals surface area contributed by atoms with Gasteiger partial charge >= 0.3 is 0 Å². The molecule has 1 aromatic heterocycles. The molecule has 0 spiro atoms. The van der Waals surface area contributed by atoms with Gasteiger partial charge in [0, 0.05) is 24.5 Å². The van der Waals surface area contributed by atoms with Crippen molar-refractivity contribution in [2.75, 3.05) is 26.2 Å². The van der Waals surface area contributed by atoms with Gasteiger partial charge in [0.1, 0.15) is 6.29 Å². The van der Waals surface area contributed by atoms with Gasteiger partial charge in [0.25, 0.3) is 0 Å². The average Bonchev–Trinajstić information content (AvgIpc) is 3.18. The van der Waals surface area contributed by atoms with Crippen molar-refractivity contribution in [3.8, 4) is 0 Å². The summed E-state index contributed by atoms with van der Waals surface area (Å²) in [6.45, 7) is 6.66. The van der Waals surface area contributed by atoms with Crippen LogP contribution >= 0.6 is 0 Å². The van der Waals surface area contributed by atoms with E-state index in [9.17, 15) is 4.79 Å². The van der Waals surface area contributed by atoms with E-state index in [4.69, 9.17) is 0 Å². The molecule has 0 aliphatic carbocycles. The number of carbonyl (C=O) groups excluding carboxylic acids is 1. The zero-order chi connectivity index (χ0) is 18.6. The molecule has 0 amide bonds. The molecule has 4 rings (SSSR count). The number of fused-ring (bicyclic) bond motifs is 1. The number of nitrogens with one attached hydrogen (secondary N) is 2. The van der Waals surface area contributed by atoms with Crippen molar-refractivity contribution >= 4 is 17.2 Å². The number of nitrogens with zero attached hydrogens (tertiary/aromatic N) is 3. The SMILES string of the molecule is Cc1cc(CC(C=O)NN2CCC(N3CCCCC3)CC2)cc2cn[nH]c12. The van der Waals surface area contributed by atoms with E-state index in [0.29, 0.717) is 6.42 Å². The molecule has 1 aromatic carbocycles. The number of piperidine rings is 2. The molecular formula is C21H31N5O. The lowest BCUT2D eigenvalue weighted by Crippen LogP contribution is -2.53. The molecule has 27 heavy (non-hydrogen) atoms. The number of hydrogen-bond donors (Lipinski definition) is 2. The Morgan fingerprint density at radius 1 is 1.22 bits per heavy atom. The third-order valence-corrected chi connectivity index (χ3v) is 6.15. The Balaban J connectivity index is 1.31. The van der Waals surface area contributed by atoms with Gasteiger partial charge in [0.15, 0.2) is 0 Å². The van der Waals surface area contributed by atoms with Gasteiger partial charge in [-0.25, -0.2) is 10.4 Å². The summed E-state index contributed by atoms with van der Waals surface area (Å²) in [5.41, 5.74) is 6.89. The molecule has 2 saturated heterocycles. The smallest absolute Gasteiger partial charge is 0.138 e. The molecule has 6 heteroatoms. The quantitative estimate of drug-likeness (QED) is 0.766. The van der Waals surface area contributed by atoms with Crippen molar-refractivity contribution in [1.82, 2.24) is 25.5 Å². The van der Waals surface area contributed by atoms with Crippen LogP contribution in [-0.2, 0) is 11.2 Å². The van der Waals surface area contributed by atoms with Crippen molar-refractivity contribution in [1.29, 1.82) is 0 Å². The van der Waals surface area contributed by atoms with Crippen LogP contribution in [0.15, 0.2) is 18.3 Å². The van der Waals surface area contributed by atoms with Crippen molar-refractivity contribution in [2.24, 2.45) is 0 Å². The van der Waals surface area contributed by atoms with E-state index in [2.05, 4.69) is 44.6 Å². The van der Waals surface area contributed by atoms with Gasteiger partial charge in [-0.05, 0) is 69.3 Å². The Morgan fingerprint density at radius 2 is 2.00 bits per heavy atom. The molecular weight excluding hydrogens is 338 g/mol. The number of hydrazine groups is 1. The highest BCUT2D eigenvalue weighted by atomic mass is 16.1. The minimum Gasteiger partial charge on any atom is -0.302 e. The predicted octanol–water partition coefficient (Wildman–Crippen LogP) is 2.44. The van der Waals surface area contributed by atoms with Gasteiger partial charge in [-0.15, -0.1) is 0 Å². The van der Waals surface area contributed by atoms with Crippen LogP contribution in [0.5, 0.6) is 0 Å². The topological polar surface area (TPSA) is 64.3 Å². The highest BCUT2D eigenvalue weighted by Crippen LogP contribution is 2.21. The fraction of sp³-hybridized carbons (Fsp3) is 0.619. The summed E-state index contributed by atoms with van der Waals surface area (Å²) in [5, 5.41) is 10.5. The van der Waals surface area contributed by atoms with E-state index >= 15 is 0 Å². The van der Waals surface area contributed by atoms with Crippen molar-refractivity contribution in [3.63, 3.8) is 0 Å². The van der Waals surface area contributed by atoms with Gasteiger partial charge < -0.3 is 9.69 Å². The van der Waals surface area contributed by atoms with Crippen LogP contribution in [0.25, 0.3) is 10.9 Å². The van der Waals surface area contributed by atoms with Gasteiger partial charge in [-0.3, -0.25) is 5.10 Å². The molecule has 6 nitrogen and oxygen atoms in total. The number of hydrogen-bond acceptors (Lipinski definition) is 5. The normalized spacial score (nSPS) is 21.5. The fourth-order valence-corrected chi connectivity index (χ4v) is 4.69. The molecule has 0 saturated carbocycles. The molecule has 2 N–H and O–H groups in total. The second-order valence-corrected chi connectivity index (χ2v) is 8.14. The molecule has 1 atom stereocenters. The molecule has 2 aromatic rings. The number of aryl methyl sites for hydroxylation is 1. The zero-order valence-electron chi connectivity index (χ0n) is 16.3. The lowest BCUT2D eigenvalue weighted by molar-refractivity contribution is -0.111. The fourth-order valence-electron chi connectivity index (χ4n) is 4.69. The van der Waals surface area contributed by atoms with Crippen LogP contribution in [0.3, 0.4) is 0 Å². The number of likely N-dealkylation sites (tertiary alicyclic amines) is 1. The molecule has 146 valence electrons. The van der Waals surface area contributed by atoms with Gasteiger partial charge in [0.05, 0.1) is 17.8 Å². The van der Waals surface area contributed by atoms with Crippen LogP contribution in [0.4, 0.5) is 0 Å². The van der Waals surface area contributed by atoms with Crippen molar-refractivity contribution in [2.45, 2.75) is 57.5 Å². The highest BCUT2D eigenvalue weighted by molar-refractivity contribution is 5.82. The van der Waals surface area contributed by atoms with Crippen LogP contribution in [0.2, 0.25) is 0 Å². The van der Waals surface area contributed by atoms with E-state index in [-0.39, 0.29) is 6.04 Å². The summed E-state index contributed by atoms with van der Waals surface area (Å²) < 4.78 is 0. The maximum Gasteiger partial charge on any atom is 0.138 e. The minimum absolute atomic E-state index is 0.180. The molecule has 0 bridgehead atoms. The number of carbonyl (C=O) groups is 1. The number of rotatable bonds is 6. The molecule has 3 heterocycles. The van der Waals surface area contributed by atoms with E-state index in [1.54, 1.807) is 0 Å². The first-order chi connectivity index (χ1) is 13.2. The maximum absolute atomic E-state index is 11.7. The van der Waals surface area contributed by atoms with E-state index in [1.807, 2.05) is 6.20 Å². The largest absolute Gasteiger partial charge is 0.302 e. The summed E-state index contributed by atoms with van der Waals surface area (Å²) >= 11 is 0. The summed E-state index contributed by atoms with van der Waals surface area (Å²) in [6.07, 6.45) is 10.1. The van der Waals surface area contributed by atoms with E-state index in [0.717, 1.165) is 36.3 Å². The molecule has 1 unspecified atom stereocenters. The second-order valence-electron chi connectivity index (χ2n) is 8.14. The van der Waals surface area contributed by atoms with Crippen LogP contribution in [-0.4, -0.2) is 64.7 Å². The molecule has 2 aliphatic heterocycles. The van der Waals surface area contributed by atoms with Crippen molar-refractivity contribution in [3.05, 3.63) is 29.5 Å². The summed E-state index contributed by atoms with van der Waals surface area (Å²) in [4.78, 5) is 14.4. The lowest BCUT2D eigenvalue weighted by Gasteiger charge is -2.40. The summed E-state index contributed by atoms with van der Waals surface area (Å²) in [5.74, 6) is 0. The number of aromatic nitrogens is 2. The minimum atomic E-state index is -0.180. The first kappa shape index (κ1) is 18.6. The highest BCUT2D eigenvalue weighted by Gasteiger charge is 2.26. The number of H-pyrrole nitrogens is 1. The summed E-state index contributed by atoms with van der Waals surface area (Å²) in [6, 6.07) is 4.83. The van der Waals surface area contributed by atoms with Crippen LogP contribution in [0.1, 0.15) is 43.2 Å². The number of benzene rings is 1. The maximum atomic E-state index is 11.7. The Morgan fingerprint density at radius 3 is 2.74 bits per heavy atom. The van der Waals surface area contributed by atoms with Crippen molar-refractivity contribution < 1.29 is 4.79 Å². The Labute approximate surface area is 161 Å². The first-order valence-corrected chi connectivity index (χ1v) is 10.4. The lowest BCUT2D eigenvalue weighted by atomic mass is 10.0. The van der Waals surface area contributed by atoms with E-state index < -0.39 is 0 Å². The van der Waals surface area contributed by atoms with Gasteiger partial charge in [-0.1, -0.05) is 12.5 Å². The standard InChI is InChI=1S/C21H31N5O/c1-16-11-17(12-18-14-22-23-21(16)18)13-19(15-27)24-26-9-5-20(6-10-26)25-7-3-2-4-8-25/h11-12,14-15,19-20,24H,2-10,13H2,1H3,(H,22,23). The Hall–Kier alpha value is -1.76. The van der Waals surface area contributed by atoms with Gasteiger partial charge in [0.2, 0.25) is 0 Å². The first-order valence-electron chi connectivity index (χ1n) is 10.4. The zero-order valence-corrected chi connectivity index (χ0v) is 16.3.